The zero-order chi connectivity index (χ0) is 11.1. The molecule has 0 saturated heterocycles. The Morgan fingerprint density at radius 3 is 3.07 bits per heavy atom. The van der Waals surface area contributed by atoms with Gasteiger partial charge in [0.1, 0.15) is 6.04 Å². The van der Waals surface area contributed by atoms with Crippen molar-refractivity contribution in [3.8, 4) is 6.07 Å². The summed E-state index contributed by atoms with van der Waals surface area (Å²) in [5.74, 6) is 0. The van der Waals surface area contributed by atoms with E-state index in [4.69, 9.17) is 10.00 Å². The minimum Gasteiger partial charge on any atom is -0.383 e. The van der Waals surface area contributed by atoms with E-state index in [1.807, 2.05) is 13.0 Å². The number of nitrogens with one attached hydrogen (secondary N) is 1. The second kappa shape index (κ2) is 6.12. The summed E-state index contributed by atoms with van der Waals surface area (Å²) < 4.78 is 4.92. The Hall–Kier alpha value is -1.44. The van der Waals surface area contributed by atoms with Crippen LogP contribution in [0.1, 0.15) is 17.2 Å². The van der Waals surface area contributed by atoms with E-state index in [1.165, 1.54) is 0 Å². The van der Waals surface area contributed by atoms with Gasteiger partial charge in [0.2, 0.25) is 0 Å². The Balaban J connectivity index is 2.67. The quantitative estimate of drug-likeness (QED) is 0.733. The van der Waals surface area contributed by atoms with Gasteiger partial charge in [-0.25, -0.2) is 0 Å². The predicted molar refractivity (Wildman–Crippen MR) is 57.2 cm³/mol. The van der Waals surface area contributed by atoms with Crippen molar-refractivity contribution in [3.63, 3.8) is 0 Å². The first-order chi connectivity index (χ1) is 7.29. The second-order valence-electron chi connectivity index (χ2n) is 3.24. The van der Waals surface area contributed by atoms with Crippen LogP contribution in [0.25, 0.3) is 0 Å². The van der Waals surface area contributed by atoms with E-state index in [1.54, 1.807) is 19.5 Å². The molecule has 0 radical (unpaired) electrons. The van der Waals surface area contributed by atoms with Gasteiger partial charge in [0.25, 0.3) is 0 Å². The molecule has 0 aliphatic rings. The van der Waals surface area contributed by atoms with Gasteiger partial charge in [0.05, 0.1) is 12.7 Å². The fraction of sp³-hybridized carbons (Fsp3) is 0.455. The monoisotopic (exact) mass is 205 g/mol. The van der Waals surface area contributed by atoms with Crippen LogP contribution in [0.4, 0.5) is 0 Å². The molecule has 0 aromatic carbocycles. The number of aromatic nitrogens is 1. The maximum absolute atomic E-state index is 9.02. The maximum atomic E-state index is 9.02. The molecule has 1 N–H and O–H groups in total. The number of ether oxygens (including phenoxy) is 1. The van der Waals surface area contributed by atoms with E-state index in [0.29, 0.717) is 13.2 Å². The third-order valence-electron chi connectivity index (χ3n) is 2.17. The lowest BCUT2D eigenvalue weighted by atomic mass is 10.1. The number of rotatable bonds is 5. The molecular weight excluding hydrogens is 190 g/mol. The van der Waals surface area contributed by atoms with Crippen molar-refractivity contribution in [2.75, 3.05) is 20.3 Å². The molecule has 80 valence electrons. The summed E-state index contributed by atoms with van der Waals surface area (Å²) in [6, 6.07) is 3.80. The van der Waals surface area contributed by atoms with Crippen molar-refractivity contribution in [2.45, 2.75) is 13.0 Å². The second-order valence-corrected chi connectivity index (χ2v) is 3.24. The summed E-state index contributed by atoms with van der Waals surface area (Å²) >= 11 is 0. The highest BCUT2D eigenvalue weighted by molar-refractivity contribution is 5.28. The van der Waals surface area contributed by atoms with Crippen LogP contribution in [0.2, 0.25) is 0 Å². The topological polar surface area (TPSA) is 57.9 Å². The van der Waals surface area contributed by atoms with Gasteiger partial charge >= 0.3 is 0 Å². The molecule has 4 nitrogen and oxygen atoms in total. The van der Waals surface area contributed by atoms with Gasteiger partial charge in [-0.15, -0.1) is 0 Å². The average molecular weight is 205 g/mol. The molecule has 1 atom stereocenters. The van der Waals surface area contributed by atoms with Crippen molar-refractivity contribution in [1.29, 1.82) is 5.26 Å². The third-order valence-corrected chi connectivity index (χ3v) is 2.17. The molecule has 0 amide bonds. The van der Waals surface area contributed by atoms with Crippen LogP contribution in [0.15, 0.2) is 18.5 Å². The number of hydrogen-bond donors (Lipinski definition) is 1. The summed E-state index contributed by atoms with van der Waals surface area (Å²) in [7, 11) is 1.64. The summed E-state index contributed by atoms with van der Waals surface area (Å²) in [6.45, 7) is 3.22. The highest BCUT2D eigenvalue weighted by Crippen LogP contribution is 2.14. The van der Waals surface area contributed by atoms with E-state index in [0.717, 1.165) is 11.1 Å². The van der Waals surface area contributed by atoms with Crippen LogP contribution in [0.5, 0.6) is 0 Å². The number of nitrogens with zero attached hydrogens (tertiary/aromatic N) is 2. The predicted octanol–water partition coefficient (Wildman–Crippen LogP) is 1.19. The lowest BCUT2D eigenvalue weighted by Gasteiger charge is -2.13. The largest absolute Gasteiger partial charge is 0.383 e. The van der Waals surface area contributed by atoms with E-state index in [-0.39, 0.29) is 6.04 Å². The number of nitriles is 1. The van der Waals surface area contributed by atoms with Gasteiger partial charge < -0.3 is 4.74 Å². The highest BCUT2D eigenvalue weighted by atomic mass is 16.5. The van der Waals surface area contributed by atoms with Crippen LogP contribution in [0.3, 0.4) is 0 Å². The maximum Gasteiger partial charge on any atom is 0.123 e. The molecule has 1 heterocycles. The number of hydrogen-bond acceptors (Lipinski definition) is 4. The molecule has 0 saturated carbocycles. The van der Waals surface area contributed by atoms with Crippen molar-refractivity contribution < 1.29 is 4.74 Å². The van der Waals surface area contributed by atoms with Gasteiger partial charge in [-0.3, -0.25) is 10.3 Å². The zero-order valence-corrected chi connectivity index (χ0v) is 9.03. The van der Waals surface area contributed by atoms with Crippen LogP contribution in [-0.4, -0.2) is 25.2 Å². The smallest absolute Gasteiger partial charge is 0.123 e. The Bertz CT molecular complexity index is 346. The summed E-state index contributed by atoms with van der Waals surface area (Å²) in [6.07, 6.45) is 3.45. The van der Waals surface area contributed by atoms with E-state index >= 15 is 0 Å². The molecule has 1 aromatic heterocycles. The lowest BCUT2D eigenvalue weighted by molar-refractivity contribution is 0.198. The minimum atomic E-state index is -0.311. The van der Waals surface area contributed by atoms with Crippen molar-refractivity contribution in [3.05, 3.63) is 29.6 Å². The molecule has 0 fully saturated rings. The third kappa shape index (κ3) is 3.31. The highest BCUT2D eigenvalue weighted by Gasteiger charge is 2.11. The minimum absolute atomic E-state index is 0.311. The molecule has 4 heteroatoms. The Morgan fingerprint density at radius 2 is 2.47 bits per heavy atom. The van der Waals surface area contributed by atoms with Crippen LogP contribution < -0.4 is 5.32 Å². The zero-order valence-electron chi connectivity index (χ0n) is 9.03. The Morgan fingerprint density at radius 1 is 1.67 bits per heavy atom. The summed E-state index contributed by atoms with van der Waals surface area (Å²) in [4.78, 5) is 4.02. The average Bonchev–Trinajstić information content (AvgIpc) is 2.26. The molecule has 0 bridgehead atoms. The van der Waals surface area contributed by atoms with E-state index in [9.17, 15) is 0 Å². The van der Waals surface area contributed by atoms with Crippen LogP contribution in [-0.2, 0) is 4.74 Å². The fourth-order valence-electron chi connectivity index (χ4n) is 1.31. The van der Waals surface area contributed by atoms with Crippen LogP contribution >= 0.6 is 0 Å². The fourth-order valence-corrected chi connectivity index (χ4v) is 1.31. The normalized spacial score (nSPS) is 12.1. The first-order valence-electron chi connectivity index (χ1n) is 4.82. The number of methoxy groups -OCH3 is 1. The van der Waals surface area contributed by atoms with E-state index < -0.39 is 0 Å². The SMILES string of the molecule is COCCNC(C#N)c1cnccc1C. The number of aryl methyl sites for hydroxylation is 1. The molecule has 0 spiro atoms. The molecule has 1 aromatic rings. The van der Waals surface area contributed by atoms with Gasteiger partial charge in [-0.2, -0.15) is 5.26 Å². The summed E-state index contributed by atoms with van der Waals surface area (Å²) in [5.41, 5.74) is 2.00. The van der Waals surface area contributed by atoms with Crippen molar-refractivity contribution in [1.82, 2.24) is 10.3 Å². The van der Waals surface area contributed by atoms with E-state index in [2.05, 4.69) is 16.4 Å². The van der Waals surface area contributed by atoms with Gasteiger partial charge in [-0.05, 0) is 18.6 Å². The molecule has 0 aliphatic carbocycles. The van der Waals surface area contributed by atoms with Crippen molar-refractivity contribution >= 4 is 0 Å². The first kappa shape index (κ1) is 11.6. The van der Waals surface area contributed by atoms with Gasteiger partial charge in [-0.1, -0.05) is 0 Å². The molecule has 1 unspecified atom stereocenters. The molecule has 0 aliphatic heterocycles. The van der Waals surface area contributed by atoms with Gasteiger partial charge in [0, 0.05) is 31.6 Å². The van der Waals surface area contributed by atoms with Gasteiger partial charge in [0.15, 0.2) is 0 Å². The Labute approximate surface area is 89.9 Å². The standard InChI is InChI=1S/C11H15N3O/c1-9-3-4-13-8-10(9)11(7-12)14-5-6-15-2/h3-4,8,11,14H,5-6H2,1-2H3. The molecular formula is C11H15N3O. The molecule has 1 rings (SSSR count). The molecule has 15 heavy (non-hydrogen) atoms. The van der Waals surface area contributed by atoms with Crippen molar-refractivity contribution in [2.24, 2.45) is 0 Å². The van der Waals surface area contributed by atoms with Crippen LogP contribution in [0, 0.1) is 18.3 Å². The lowest BCUT2D eigenvalue weighted by Crippen LogP contribution is -2.24. The Kier molecular flexibility index (Phi) is 4.75. The summed E-state index contributed by atoms with van der Waals surface area (Å²) in [5, 5.41) is 12.1. The first-order valence-corrected chi connectivity index (χ1v) is 4.82. The number of pyridine rings is 1.